The van der Waals surface area contributed by atoms with Crippen molar-refractivity contribution in [2.75, 3.05) is 0 Å². The number of nitro groups is 2. The summed E-state index contributed by atoms with van der Waals surface area (Å²) < 4.78 is 18.7. The molecule has 0 radical (unpaired) electrons. The third-order valence-electron chi connectivity index (χ3n) is 2.64. The summed E-state index contributed by atoms with van der Waals surface area (Å²) in [6, 6.07) is 8.94. The first kappa shape index (κ1) is 14.4. The molecule has 0 spiro atoms. The average Bonchev–Trinajstić information content (AvgIpc) is 2.45. The summed E-state index contributed by atoms with van der Waals surface area (Å²) in [5.41, 5.74) is -0.360. The topological polar surface area (TPSA) is 95.5 Å². The number of hydrogen-bond donors (Lipinski definition) is 0. The highest BCUT2D eigenvalue weighted by Crippen LogP contribution is 2.22. The van der Waals surface area contributed by atoms with Gasteiger partial charge in [-0.15, -0.1) is 0 Å². The largest absolute Gasteiger partial charge is 0.489 e. The van der Waals surface area contributed by atoms with Gasteiger partial charge in [-0.25, -0.2) is 0 Å². The SMILES string of the molecule is O=[N+]([O-])c1cccc(OCc2ccc([N+](=O)[O-])c(F)c2)c1. The molecule has 7 nitrogen and oxygen atoms in total. The van der Waals surface area contributed by atoms with Crippen LogP contribution in [-0.4, -0.2) is 9.85 Å². The lowest BCUT2D eigenvalue weighted by atomic mass is 10.2. The summed E-state index contributed by atoms with van der Waals surface area (Å²) in [6.07, 6.45) is 0. The molecule has 21 heavy (non-hydrogen) atoms. The fourth-order valence-corrected chi connectivity index (χ4v) is 1.64. The Morgan fingerprint density at radius 2 is 1.81 bits per heavy atom. The summed E-state index contributed by atoms with van der Waals surface area (Å²) in [5, 5.41) is 21.1. The highest BCUT2D eigenvalue weighted by atomic mass is 19.1. The van der Waals surface area contributed by atoms with Gasteiger partial charge in [0.2, 0.25) is 5.82 Å². The van der Waals surface area contributed by atoms with Gasteiger partial charge >= 0.3 is 5.69 Å². The van der Waals surface area contributed by atoms with Crippen molar-refractivity contribution in [2.24, 2.45) is 0 Å². The zero-order valence-corrected chi connectivity index (χ0v) is 10.6. The molecule has 0 N–H and O–H groups in total. The maximum atomic E-state index is 13.4. The molecule has 2 rings (SSSR count). The molecular weight excluding hydrogens is 283 g/mol. The van der Waals surface area contributed by atoms with Crippen LogP contribution in [0.3, 0.4) is 0 Å². The Morgan fingerprint density at radius 1 is 1.05 bits per heavy atom. The van der Waals surface area contributed by atoms with Crippen LogP contribution < -0.4 is 4.74 Å². The first-order valence-electron chi connectivity index (χ1n) is 5.77. The number of hydrogen-bond acceptors (Lipinski definition) is 5. The Kier molecular flexibility index (Phi) is 4.07. The van der Waals surface area contributed by atoms with Crippen LogP contribution in [0.4, 0.5) is 15.8 Å². The van der Waals surface area contributed by atoms with E-state index in [1.807, 2.05) is 0 Å². The lowest BCUT2D eigenvalue weighted by molar-refractivity contribution is -0.387. The second-order valence-electron chi connectivity index (χ2n) is 4.09. The normalized spacial score (nSPS) is 10.1. The Balaban J connectivity index is 2.10. The molecule has 0 aliphatic rings. The second-order valence-corrected chi connectivity index (χ2v) is 4.09. The number of non-ortho nitro benzene ring substituents is 1. The van der Waals surface area contributed by atoms with Crippen LogP contribution in [-0.2, 0) is 6.61 Å². The zero-order valence-electron chi connectivity index (χ0n) is 10.6. The van der Waals surface area contributed by atoms with Crippen molar-refractivity contribution < 1.29 is 19.0 Å². The van der Waals surface area contributed by atoms with E-state index in [-0.39, 0.29) is 18.0 Å². The lowest BCUT2D eigenvalue weighted by Crippen LogP contribution is -1.99. The number of ether oxygens (including phenoxy) is 1. The molecule has 0 heterocycles. The molecule has 0 saturated heterocycles. The number of nitrogens with zero attached hydrogens (tertiary/aromatic N) is 2. The van der Waals surface area contributed by atoms with Gasteiger partial charge in [0.05, 0.1) is 15.9 Å². The van der Waals surface area contributed by atoms with Crippen LogP contribution in [0, 0.1) is 26.0 Å². The minimum atomic E-state index is -0.958. The Morgan fingerprint density at radius 3 is 2.43 bits per heavy atom. The third-order valence-corrected chi connectivity index (χ3v) is 2.64. The summed E-state index contributed by atoms with van der Waals surface area (Å²) in [6.45, 7) is -0.0594. The van der Waals surface area contributed by atoms with Crippen molar-refractivity contribution in [1.82, 2.24) is 0 Å². The number of rotatable bonds is 5. The molecule has 0 unspecified atom stereocenters. The van der Waals surface area contributed by atoms with Crippen LogP contribution in [0.25, 0.3) is 0 Å². The van der Waals surface area contributed by atoms with E-state index in [9.17, 15) is 24.6 Å². The Bertz CT molecular complexity index is 705. The van der Waals surface area contributed by atoms with Gasteiger partial charge in [-0.05, 0) is 23.8 Å². The van der Waals surface area contributed by atoms with Crippen LogP contribution in [0.5, 0.6) is 5.75 Å². The van der Waals surface area contributed by atoms with Gasteiger partial charge in [0.25, 0.3) is 5.69 Å². The smallest absolute Gasteiger partial charge is 0.304 e. The van der Waals surface area contributed by atoms with E-state index in [1.54, 1.807) is 0 Å². The fraction of sp³-hybridized carbons (Fsp3) is 0.0769. The van der Waals surface area contributed by atoms with Crippen molar-refractivity contribution in [2.45, 2.75) is 6.61 Å². The minimum absolute atomic E-state index is 0.0594. The van der Waals surface area contributed by atoms with Gasteiger partial charge in [-0.3, -0.25) is 20.2 Å². The van der Waals surface area contributed by atoms with E-state index in [0.29, 0.717) is 5.56 Å². The Labute approximate surface area is 117 Å². The quantitative estimate of drug-likeness (QED) is 0.622. The van der Waals surface area contributed by atoms with E-state index in [4.69, 9.17) is 4.74 Å². The maximum Gasteiger partial charge on any atom is 0.304 e. The molecule has 2 aromatic carbocycles. The molecule has 0 aliphatic heterocycles. The zero-order chi connectivity index (χ0) is 15.4. The van der Waals surface area contributed by atoms with Crippen molar-refractivity contribution in [3.8, 4) is 5.75 Å². The van der Waals surface area contributed by atoms with Crippen molar-refractivity contribution in [1.29, 1.82) is 0 Å². The van der Waals surface area contributed by atoms with E-state index in [1.165, 1.54) is 30.3 Å². The first-order valence-corrected chi connectivity index (χ1v) is 5.77. The maximum absolute atomic E-state index is 13.4. The average molecular weight is 292 g/mol. The van der Waals surface area contributed by atoms with E-state index in [0.717, 1.165) is 12.1 Å². The number of benzene rings is 2. The van der Waals surface area contributed by atoms with Gasteiger partial charge in [-0.2, -0.15) is 4.39 Å². The molecule has 8 heteroatoms. The van der Waals surface area contributed by atoms with E-state index < -0.39 is 21.4 Å². The molecule has 0 atom stereocenters. The summed E-state index contributed by atoms with van der Waals surface area (Å²) in [7, 11) is 0. The molecule has 0 aliphatic carbocycles. The summed E-state index contributed by atoms with van der Waals surface area (Å²) in [4.78, 5) is 19.7. The van der Waals surface area contributed by atoms with Crippen molar-refractivity contribution >= 4 is 11.4 Å². The van der Waals surface area contributed by atoms with Crippen molar-refractivity contribution in [3.63, 3.8) is 0 Å². The number of halogens is 1. The Hall–Kier alpha value is -3.03. The van der Waals surface area contributed by atoms with Crippen LogP contribution >= 0.6 is 0 Å². The third kappa shape index (κ3) is 3.50. The first-order chi connectivity index (χ1) is 9.97. The second kappa shape index (κ2) is 5.95. The molecule has 2 aromatic rings. The van der Waals surface area contributed by atoms with Gasteiger partial charge in [0.1, 0.15) is 12.4 Å². The van der Waals surface area contributed by atoms with Crippen molar-refractivity contribution in [3.05, 3.63) is 74.1 Å². The molecular formula is C13H9FN2O5. The van der Waals surface area contributed by atoms with E-state index in [2.05, 4.69) is 0 Å². The lowest BCUT2D eigenvalue weighted by Gasteiger charge is -2.06. The van der Waals surface area contributed by atoms with Gasteiger partial charge in [0.15, 0.2) is 0 Å². The standard InChI is InChI=1S/C13H9FN2O5/c14-12-6-9(4-5-13(12)16(19)20)8-21-11-3-1-2-10(7-11)15(17)18/h1-7H,8H2. The predicted octanol–water partition coefficient (Wildman–Crippen LogP) is 3.22. The molecule has 0 saturated carbocycles. The molecule has 0 amide bonds. The molecule has 0 fully saturated rings. The van der Waals surface area contributed by atoms with E-state index >= 15 is 0 Å². The minimum Gasteiger partial charge on any atom is -0.489 e. The van der Waals surface area contributed by atoms with Crippen LogP contribution in [0.1, 0.15) is 5.56 Å². The highest BCUT2D eigenvalue weighted by Gasteiger charge is 2.14. The van der Waals surface area contributed by atoms with Crippen LogP contribution in [0.2, 0.25) is 0 Å². The van der Waals surface area contributed by atoms with Gasteiger partial charge < -0.3 is 4.74 Å². The fourth-order valence-electron chi connectivity index (χ4n) is 1.64. The van der Waals surface area contributed by atoms with Gasteiger partial charge in [-0.1, -0.05) is 6.07 Å². The molecule has 0 bridgehead atoms. The highest BCUT2D eigenvalue weighted by molar-refractivity contribution is 5.38. The van der Waals surface area contributed by atoms with Gasteiger partial charge in [0, 0.05) is 12.1 Å². The number of nitro benzene ring substituents is 2. The van der Waals surface area contributed by atoms with Crippen LogP contribution in [0.15, 0.2) is 42.5 Å². The summed E-state index contributed by atoms with van der Waals surface area (Å²) in [5.74, 6) is -0.705. The summed E-state index contributed by atoms with van der Waals surface area (Å²) >= 11 is 0. The predicted molar refractivity (Wildman–Crippen MR) is 70.5 cm³/mol. The molecule has 108 valence electrons. The molecule has 0 aromatic heterocycles. The monoisotopic (exact) mass is 292 g/mol.